The normalized spacial score (nSPS) is 21.0. The average Bonchev–Trinajstić information content (AvgIpc) is 2.90. The van der Waals surface area contributed by atoms with Gasteiger partial charge in [-0.15, -0.1) is 0 Å². The number of hydrogen-bond acceptors (Lipinski definition) is 7. The third-order valence-corrected chi connectivity index (χ3v) is 5.78. The smallest absolute Gasteiger partial charge is 0.224 e. The van der Waals surface area contributed by atoms with E-state index in [1.165, 1.54) is 0 Å². The Morgan fingerprint density at radius 1 is 1.33 bits per heavy atom. The number of anilines is 2. The lowest BCUT2D eigenvalue weighted by atomic mass is 10.2. The van der Waals surface area contributed by atoms with Gasteiger partial charge in [0.2, 0.25) is 5.95 Å². The largest absolute Gasteiger partial charge is 0.368 e. The first-order chi connectivity index (χ1) is 9.78. The Hall–Kier alpha value is -1.90. The van der Waals surface area contributed by atoms with Gasteiger partial charge in [0.1, 0.15) is 5.82 Å². The topological polar surface area (TPSA) is 107 Å². The Bertz CT molecular complexity index is 813. The fraction of sp³-hybridized carbons (Fsp3) is 0.583. The molecule has 3 heterocycles. The summed E-state index contributed by atoms with van der Waals surface area (Å²) in [5.41, 5.74) is 7.09. The predicted molar refractivity (Wildman–Crippen MR) is 80.9 cm³/mol. The van der Waals surface area contributed by atoms with Crippen molar-refractivity contribution >= 4 is 32.8 Å². The molecule has 8 nitrogen and oxygen atoms in total. The van der Waals surface area contributed by atoms with Crippen molar-refractivity contribution in [2.45, 2.75) is 19.4 Å². The minimum Gasteiger partial charge on any atom is -0.368 e. The van der Waals surface area contributed by atoms with Crippen LogP contribution in [0.5, 0.6) is 0 Å². The number of nitrogens with two attached hydrogens (primary N) is 1. The monoisotopic (exact) mass is 310 g/mol. The van der Waals surface area contributed by atoms with Gasteiger partial charge in [0, 0.05) is 20.1 Å². The summed E-state index contributed by atoms with van der Waals surface area (Å²) in [4.78, 5) is 14.8. The van der Waals surface area contributed by atoms with Gasteiger partial charge < -0.3 is 15.2 Å². The van der Waals surface area contributed by atoms with Gasteiger partial charge in [0.15, 0.2) is 26.8 Å². The molecule has 1 fully saturated rings. The van der Waals surface area contributed by atoms with Gasteiger partial charge in [0.25, 0.3) is 0 Å². The van der Waals surface area contributed by atoms with Crippen LogP contribution in [0.3, 0.4) is 0 Å². The van der Waals surface area contributed by atoms with Crippen molar-refractivity contribution in [1.29, 1.82) is 0 Å². The van der Waals surface area contributed by atoms with Crippen molar-refractivity contribution < 1.29 is 8.42 Å². The van der Waals surface area contributed by atoms with Gasteiger partial charge in [0.05, 0.1) is 11.5 Å². The second-order valence-corrected chi connectivity index (χ2v) is 7.69. The molecular formula is C12H18N6O2S. The Balaban J connectivity index is 2.10. The highest BCUT2D eigenvalue weighted by atomic mass is 32.2. The van der Waals surface area contributed by atoms with E-state index in [1.54, 1.807) is 0 Å². The third kappa shape index (κ3) is 2.31. The number of nitrogens with zero attached hydrogens (tertiary/aromatic N) is 5. The summed E-state index contributed by atoms with van der Waals surface area (Å²) in [5.74, 6) is 1.91. The molecule has 0 bridgehead atoms. The van der Waals surface area contributed by atoms with Crippen molar-refractivity contribution in [3.05, 3.63) is 5.82 Å². The van der Waals surface area contributed by atoms with Gasteiger partial charge in [-0.3, -0.25) is 0 Å². The molecule has 114 valence electrons. The molecule has 21 heavy (non-hydrogen) atoms. The molecule has 0 saturated carbocycles. The van der Waals surface area contributed by atoms with Crippen molar-refractivity contribution in [3.63, 3.8) is 0 Å². The minimum absolute atomic E-state index is 0.102. The maximum Gasteiger partial charge on any atom is 0.224 e. The Kier molecular flexibility index (Phi) is 3.05. The molecule has 1 aliphatic rings. The highest BCUT2D eigenvalue weighted by Crippen LogP contribution is 2.28. The predicted octanol–water partition coefficient (Wildman–Crippen LogP) is -0.123. The standard InChI is InChI=1S/C12H18N6O2S/c1-7-14-9-10(17(7)2)15-12(13)16-11(9)18(3)8-4-5-21(19,20)6-8/h8H,4-6H2,1-3H3,(H2,13,15,16)/t8-/m1/s1. The van der Waals surface area contributed by atoms with Crippen molar-refractivity contribution in [2.24, 2.45) is 7.05 Å². The number of aryl methyl sites for hydroxylation is 2. The van der Waals surface area contributed by atoms with E-state index in [4.69, 9.17) is 5.73 Å². The second-order valence-electron chi connectivity index (χ2n) is 5.46. The number of aromatic nitrogens is 4. The third-order valence-electron chi connectivity index (χ3n) is 4.03. The number of sulfone groups is 1. The van der Waals surface area contributed by atoms with Crippen LogP contribution in [-0.4, -0.2) is 52.5 Å². The van der Waals surface area contributed by atoms with E-state index in [2.05, 4.69) is 15.0 Å². The fourth-order valence-corrected chi connectivity index (χ4v) is 4.45. The average molecular weight is 310 g/mol. The number of hydrogen-bond donors (Lipinski definition) is 1. The molecule has 1 saturated heterocycles. The van der Waals surface area contributed by atoms with Gasteiger partial charge in [-0.25, -0.2) is 13.4 Å². The number of nitrogen functional groups attached to an aromatic ring is 1. The van der Waals surface area contributed by atoms with E-state index >= 15 is 0 Å². The van der Waals surface area contributed by atoms with Crippen molar-refractivity contribution in [3.8, 4) is 0 Å². The van der Waals surface area contributed by atoms with Crippen molar-refractivity contribution in [1.82, 2.24) is 19.5 Å². The Labute approximate surface area is 122 Å². The van der Waals surface area contributed by atoms with E-state index in [0.717, 1.165) is 5.82 Å². The zero-order valence-corrected chi connectivity index (χ0v) is 13.1. The molecule has 0 amide bonds. The fourth-order valence-electron chi connectivity index (χ4n) is 2.67. The summed E-state index contributed by atoms with van der Waals surface area (Å²) < 4.78 is 25.2. The summed E-state index contributed by atoms with van der Waals surface area (Å²) in [6, 6.07) is -0.102. The van der Waals surface area contributed by atoms with E-state index < -0.39 is 9.84 Å². The van der Waals surface area contributed by atoms with Crippen LogP contribution < -0.4 is 10.6 Å². The lowest BCUT2D eigenvalue weighted by Gasteiger charge is -2.24. The lowest BCUT2D eigenvalue weighted by Crippen LogP contribution is -2.33. The molecule has 0 unspecified atom stereocenters. The van der Waals surface area contributed by atoms with Gasteiger partial charge in [-0.1, -0.05) is 0 Å². The van der Waals surface area contributed by atoms with Crippen LogP contribution in [0.25, 0.3) is 11.2 Å². The molecule has 9 heteroatoms. The quantitative estimate of drug-likeness (QED) is 0.823. The Morgan fingerprint density at radius 2 is 2.05 bits per heavy atom. The maximum atomic E-state index is 11.7. The SMILES string of the molecule is Cc1nc2c(N(C)[C@@H]3CCS(=O)(=O)C3)nc(N)nc2n1C. The van der Waals surface area contributed by atoms with Crippen LogP contribution in [0.1, 0.15) is 12.2 Å². The van der Waals surface area contributed by atoms with Crippen LogP contribution >= 0.6 is 0 Å². The Morgan fingerprint density at radius 3 is 2.67 bits per heavy atom. The minimum atomic E-state index is -2.96. The molecule has 1 aliphatic heterocycles. The summed E-state index contributed by atoms with van der Waals surface area (Å²) in [6.07, 6.45) is 0.593. The van der Waals surface area contributed by atoms with E-state index in [0.29, 0.717) is 23.4 Å². The first-order valence-electron chi connectivity index (χ1n) is 6.68. The zero-order chi connectivity index (χ0) is 15.4. The van der Waals surface area contributed by atoms with Crippen molar-refractivity contribution in [2.75, 3.05) is 29.2 Å². The van der Waals surface area contributed by atoms with E-state index in [1.807, 2.05) is 30.5 Å². The second kappa shape index (κ2) is 4.55. The van der Waals surface area contributed by atoms with E-state index in [-0.39, 0.29) is 23.5 Å². The summed E-state index contributed by atoms with van der Waals surface area (Å²) in [5, 5.41) is 0. The summed E-state index contributed by atoms with van der Waals surface area (Å²) >= 11 is 0. The highest BCUT2D eigenvalue weighted by Gasteiger charge is 2.32. The molecule has 2 aromatic rings. The first-order valence-corrected chi connectivity index (χ1v) is 8.50. The molecule has 2 N–H and O–H groups in total. The lowest BCUT2D eigenvalue weighted by molar-refractivity contribution is 0.600. The summed E-state index contributed by atoms with van der Waals surface area (Å²) in [7, 11) is 0.735. The summed E-state index contributed by atoms with van der Waals surface area (Å²) in [6.45, 7) is 1.88. The molecular weight excluding hydrogens is 292 g/mol. The first kappa shape index (κ1) is 14.1. The number of imidazole rings is 1. The molecule has 0 aromatic carbocycles. The van der Waals surface area contributed by atoms with Crippen LogP contribution in [0.15, 0.2) is 0 Å². The van der Waals surface area contributed by atoms with Crippen LogP contribution in [0, 0.1) is 6.92 Å². The zero-order valence-electron chi connectivity index (χ0n) is 12.2. The number of fused-ring (bicyclic) bond motifs is 1. The van der Waals surface area contributed by atoms with Gasteiger partial charge in [-0.05, 0) is 13.3 Å². The number of rotatable bonds is 2. The van der Waals surface area contributed by atoms with Crippen LogP contribution in [0.4, 0.5) is 11.8 Å². The van der Waals surface area contributed by atoms with Gasteiger partial charge >= 0.3 is 0 Å². The van der Waals surface area contributed by atoms with Crippen LogP contribution in [-0.2, 0) is 16.9 Å². The molecule has 3 rings (SSSR count). The molecule has 0 radical (unpaired) electrons. The van der Waals surface area contributed by atoms with Gasteiger partial charge in [-0.2, -0.15) is 9.97 Å². The molecule has 0 spiro atoms. The molecule has 1 atom stereocenters. The highest BCUT2D eigenvalue weighted by molar-refractivity contribution is 7.91. The van der Waals surface area contributed by atoms with E-state index in [9.17, 15) is 8.42 Å². The molecule has 0 aliphatic carbocycles. The maximum absolute atomic E-state index is 11.7. The van der Waals surface area contributed by atoms with Crippen LogP contribution in [0.2, 0.25) is 0 Å². The molecule has 2 aromatic heterocycles.